The van der Waals surface area contributed by atoms with E-state index < -0.39 is 8.32 Å². The van der Waals surface area contributed by atoms with Gasteiger partial charge in [-0.3, -0.25) is 0 Å². The topological polar surface area (TPSA) is 18.0 Å². The standard InChI is InChI=1S/C15H23N2OSi/c1-16-11-12-17(2)15(16)14(18-19(3,4)5)13-9-7-6-8-10-13/h6-12,14H,1-5H3/q+1. The molecule has 0 aliphatic rings. The van der Waals surface area contributed by atoms with Gasteiger partial charge >= 0.3 is 0 Å². The molecule has 0 N–H and O–H groups in total. The van der Waals surface area contributed by atoms with E-state index in [9.17, 15) is 0 Å². The predicted octanol–water partition coefficient (Wildman–Crippen LogP) is 2.79. The van der Waals surface area contributed by atoms with Crippen molar-refractivity contribution in [3.05, 3.63) is 54.1 Å². The van der Waals surface area contributed by atoms with Crippen LogP contribution in [0.4, 0.5) is 0 Å². The number of hydrogen-bond acceptors (Lipinski definition) is 1. The van der Waals surface area contributed by atoms with Gasteiger partial charge in [0.25, 0.3) is 5.82 Å². The average molecular weight is 275 g/mol. The van der Waals surface area contributed by atoms with Crippen molar-refractivity contribution in [2.75, 3.05) is 0 Å². The third-order valence-electron chi connectivity index (χ3n) is 3.04. The molecule has 2 rings (SSSR count). The first-order valence-corrected chi connectivity index (χ1v) is 10.0. The molecule has 1 atom stereocenters. The van der Waals surface area contributed by atoms with Crippen LogP contribution in [0.1, 0.15) is 17.5 Å². The zero-order valence-electron chi connectivity index (χ0n) is 12.4. The molecule has 0 spiro atoms. The Bertz CT molecular complexity index is 524. The van der Waals surface area contributed by atoms with Crippen LogP contribution in [-0.2, 0) is 18.5 Å². The van der Waals surface area contributed by atoms with Crippen LogP contribution in [0.2, 0.25) is 19.6 Å². The monoisotopic (exact) mass is 275 g/mol. The number of rotatable bonds is 4. The maximum atomic E-state index is 6.43. The lowest BCUT2D eigenvalue weighted by Gasteiger charge is -2.24. The van der Waals surface area contributed by atoms with Crippen LogP contribution in [0.3, 0.4) is 0 Å². The van der Waals surface area contributed by atoms with Crippen LogP contribution >= 0.6 is 0 Å². The van der Waals surface area contributed by atoms with Gasteiger partial charge in [-0.05, 0) is 25.2 Å². The smallest absolute Gasteiger partial charge is 0.289 e. The zero-order chi connectivity index (χ0) is 14.0. The van der Waals surface area contributed by atoms with Crippen LogP contribution in [0, 0.1) is 0 Å². The van der Waals surface area contributed by atoms with E-state index in [-0.39, 0.29) is 6.10 Å². The van der Waals surface area contributed by atoms with Crippen LogP contribution in [0.25, 0.3) is 0 Å². The van der Waals surface area contributed by atoms with E-state index in [4.69, 9.17) is 4.43 Å². The molecule has 1 aromatic carbocycles. The first-order chi connectivity index (χ1) is 8.88. The average Bonchev–Trinajstić information content (AvgIpc) is 2.66. The Kier molecular flexibility index (Phi) is 3.92. The fraction of sp³-hybridized carbons (Fsp3) is 0.400. The van der Waals surface area contributed by atoms with E-state index in [0.717, 1.165) is 0 Å². The fourth-order valence-corrected chi connectivity index (χ4v) is 3.17. The van der Waals surface area contributed by atoms with Crippen molar-refractivity contribution in [2.24, 2.45) is 14.1 Å². The summed E-state index contributed by atoms with van der Waals surface area (Å²) >= 11 is 0. The quantitative estimate of drug-likeness (QED) is 0.620. The summed E-state index contributed by atoms with van der Waals surface area (Å²) in [5.41, 5.74) is 1.21. The highest BCUT2D eigenvalue weighted by molar-refractivity contribution is 6.69. The lowest BCUT2D eigenvalue weighted by molar-refractivity contribution is -0.681. The first kappa shape index (κ1) is 14.0. The molecule has 0 radical (unpaired) electrons. The largest absolute Gasteiger partial charge is 0.400 e. The summed E-state index contributed by atoms with van der Waals surface area (Å²) in [6.45, 7) is 6.68. The molecular weight excluding hydrogens is 252 g/mol. The van der Waals surface area contributed by atoms with E-state index in [1.165, 1.54) is 11.4 Å². The van der Waals surface area contributed by atoms with Gasteiger partial charge in [0, 0.05) is 0 Å². The molecule has 1 unspecified atom stereocenters. The van der Waals surface area contributed by atoms with Gasteiger partial charge in [-0.15, -0.1) is 0 Å². The Hall–Kier alpha value is -1.39. The van der Waals surface area contributed by atoms with Gasteiger partial charge in [-0.25, -0.2) is 9.13 Å². The normalized spacial score (nSPS) is 13.5. The highest BCUT2D eigenvalue weighted by atomic mass is 28.4. The molecule has 0 amide bonds. The molecule has 0 bridgehead atoms. The molecule has 2 aromatic rings. The third kappa shape index (κ3) is 3.33. The van der Waals surface area contributed by atoms with Crippen molar-refractivity contribution in [3.8, 4) is 0 Å². The van der Waals surface area contributed by atoms with Gasteiger partial charge in [0.15, 0.2) is 14.4 Å². The maximum Gasteiger partial charge on any atom is 0.289 e. The van der Waals surface area contributed by atoms with Crippen LogP contribution in [-0.4, -0.2) is 12.9 Å². The van der Waals surface area contributed by atoms with Crippen molar-refractivity contribution in [3.63, 3.8) is 0 Å². The van der Waals surface area contributed by atoms with Crippen molar-refractivity contribution < 1.29 is 8.99 Å². The number of hydrogen-bond donors (Lipinski definition) is 0. The molecule has 0 saturated carbocycles. The minimum atomic E-state index is -1.63. The highest BCUT2D eigenvalue weighted by Crippen LogP contribution is 2.27. The Labute approximate surface area is 116 Å². The number of aromatic nitrogens is 2. The van der Waals surface area contributed by atoms with Gasteiger partial charge in [0.1, 0.15) is 12.4 Å². The second kappa shape index (κ2) is 5.31. The minimum Gasteiger partial charge on any atom is -0.400 e. The summed E-state index contributed by atoms with van der Waals surface area (Å²) in [7, 11) is 2.50. The molecule has 102 valence electrons. The number of aryl methyl sites for hydroxylation is 2. The second-order valence-electron chi connectivity index (χ2n) is 5.90. The van der Waals surface area contributed by atoms with E-state index in [2.05, 4.69) is 79.5 Å². The molecule has 1 heterocycles. The second-order valence-corrected chi connectivity index (χ2v) is 10.4. The number of imidazole rings is 1. The SMILES string of the molecule is Cn1cc[n+](C)c1C(O[Si](C)(C)C)c1ccccc1. The lowest BCUT2D eigenvalue weighted by Crippen LogP contribution is -2.38. The van der Waals surface area contributed by atoms with Crippen molar-refractivity contribution in [1.29, 1.82) is 0 Å². The summed E-state index contributed by atoms with van der Waals surface area (Å²) in [6, 6.07) is 10.5. The fourth-order valence-electron chi connectivity index (χ4n) is 2.22. The molecule has 0 saturated heterocycles. The van der Waals surface area contributed by atoms with E-state index in [1.807, 2.05) is 6.07 Å². The van der Waals surface area contributed by atoms with Gasteiger partial charge in [0.05, 0.1) is 14.1 Å². The Balaban J connectivity index is 2.47. The number of nitrogens with zero attached hydrogens (tertiary/aromatic N) is 2. The van der Waals surface area contributed by atoms with Crippen LogP contribution < -0.4 is 4.57 Å². The Morgan fingerprint density at radius 1 is 1.16 bits per heavy atom. The highest BCUT2D eigenvalue weighted by Gasteiger charge is 2.31. The third-order valence-corrected chi connectivity index (χ3v) is 3.99. The van der Waals surface area contributed by atoms with Gasteiger partial charge in [-0.2, -0.15) is 0 Å². The van der Waals surface area contributed by atoms with Gasteiger partial charge in [0.2, 0.25) is 0 Å². The summed E-state index contributed by atoms with van der Waals surface area (Å²) in [5, 5.41) is 0. The summed E-state index contributed by atoms with van der Waals surface area (Å²) in [6.07, 6.45) is 4.13. The maximum absolute atomic E-state index is 6.43. The summed E-state index contributed by atoms with van der Waals surface area (Å²) in [4.78, 5) is 0. The lowest BCUT2D eigenvalue weighted by atomic mass is 10.1. The minimum absolute atomic E-state index is 0.00198. The molecule has 4 heteroatoms. The zero-order valence-corrected chi connectivity index (χ0v) is 13.4. The van der Waals surface area contributed by atoms with E-state index >= 15 is 0 Å². The Morgan fingerprint density at radius 2 is 1.79 bits per heavy atom. The molecule has 19 heavy (non-hydrogen) atoms. The molecular formula is C15H23N2OSi+. The van der Waals surface area contributed by atoms with Crippen LogP contribution in [0.5, 0.6) is 0 Å². The van der Waals surface area contributed by atoms with Gasteiger partial charge < -0.3 is 4.43 Å². The Morgan fingerprint density at radius 3 is 2.26 bits per heavy atom. The van der Waals surface area contributed by atoms with Crippen molar-refractivity contribution >= 4 is 8.32 Å². The summed E-state index contributed by atoms with van der Waals surface area (Å²) in [5.74, 6) is 1.17. The summed E-state index contributed by atoms with van der Waals surface area (Å²) < 4.78 is 10.7. The first-order valence-electron chi connectivity index (χ1n) is 6.62. The van der Waals surface area contributed by atoms with E-state index in [1.54, 1.807) is 0 Å². The molecule has 3 nitrogen and oxygen atoms in total. The van der Waals surface area contributed by atoms with Crippen LogP contribution in [0.15, 0.2) is 42.7 Å². The molecule has 0 aliphatic carbocycles. The molecule has 0 fully saturated rings. The van der Waals surface area contributed by atoms with E-state index in [0.29, 0.717) is 0 Å². The molecule has 0 aliphatic heterocycles. The van der Waals surface area contributed by atoms with Crippen molar-refractivity contribution in [1.82, 2.24) is 4.57 Å². The number of benzene rings is 1. The molecule has 1 aromatic heterocycles. The van der Waals surface area contributed by atoms with Crippen molar-refractivity contribution in [2.45, 2.75) is 25.7 Å². The predicted molar refractivity (Wildman–Crippen MR) is 79.3 cm³/mol. The van der Waals surface area contributed by atoms with Gasteiger partial charge in [-0.1, -0.05) is 30.3 Å².